The summed E-state index contributed by atoms with van der Waals surface area (Å²) >= 11 is 0. The molecule has 2 heterocycles. The van der Waals surface area contributed by atoms with Gasteiger partial charge in [0.15, 0.2) is 5.78 Å². The standard InChI is InChI=1S/C23H23NO4/c1-14-11-12-19(28-14)22-20(23(26)27-13-16-7-4-3-5-8-16)15(2)24-17-9-6-10-18(25)21(17)22/h3-5,7-8,11-12,22,24H,6,9-10,13H2,1-2H3/t22-/m0/s1. The summed E-state index contributed by atoms with van der Waals surface area (Å²) in [7, 11) is 0. The van der Waals surface area contributed by atoms with Crippen molar-refractivity contribution in [1.29, 1.82) is 0 Å². The number of dihydropyridines is 1. The number of furan rings is 1. The first kappa shape index (κ1) is 18.3. The van der Waals surface area contributed by atoms with E-state index < -0.39 is 11.9 Å². The summed E-state index contributed by atoms with van der Waals surface area (Å²) in [5.74, 6) is 0.453. The van der Waals surface area contributed by atoms with E-state index in [2.05, 4.69) is 5.32 Å². The second-order valence-electron chi connectivity index (χ2n) is 7.28. The minimum Gasteiger partial charge on any atom is -0.465 e. The summed E-state index contributed by atoms with van der Waals surface area (Å²) in [6.45, 7) is 3.89. The fourth-order valence-electron chi connectivity index (χ4n) is 3.95. The van der Waals surface area contributed by atoms with Crippen molar-refractivity contribution in [3.8, 4) is 0 Å². The van der Waals surface area contributed by atoms with Crippen molar-refractivity contribution >= 4 is 11.8 Å². The molecule has 1 N–H and O–H groups in total. The van der Waals surface area contributed by atoms with Gasteiger partial charge >= 0.3 is 5.97 Å². The predicted octanol–water partition coefficient (Wildman–Crippen LogP) is 4.30. The molecule has 2 aromatic rings. The number of rotatable bonds is 4. The van der Waals surface area contributed by atoms with Crippen molar-refractivity contribution in [2.45, 2.75) is 45.6 Å². The Labute approximate surface area is 164 Å². The molecule has 0 saturated carbocycles. The molecule has 0 spiro atoms. The molecule has 1 atom stereocenters. The smallest absolute Gasteiger partial charge is 0.337 e. The summed E-state index contributed by atoms with van der Waals surface area (Å²) < 4.78 is 11.5. The maximum absolute atomic E-state index is 13.1. The highest BCUT2D eigenvalue weighted by molar-refractivity contribution is 6.03. The van der Waals surface area contributed by atoms with Crippen LogP contribution in [-0.4, -0.2) is 11.8 Å². The van der Waals surface area contributed by atoms with Crippen LogP contribution in [0.2, 0.25) is 0 Å². The zero-order chi connectivity index (χ0) is 19.7. The molecular formula is C23H23NO4. The first-order valence-corrected chi connectivity index (χ1v) is 9.56. The largest absolute Gasteiger partial charge is 0.465 e. The van der Waals surface area contributed by atoms with Crippen LogP contribution >= 0.6 is 0 Å². The van der Waals surface area contributed by atoms with E-state index in [9.17, 15) is 9.59 Å². The molecular weight excluding hydrogens is 354 g/mol. The zero-order valence-electron chi connectivity index (χ0n) is 16.1. The molecule has 2 aliphatic rings. The lowest BCUT2D eigenvalue weighted by Gasteiger charge is -2.32. The van der Waals surface area contributed by atoms with Crippen molar-refractivity contribution in [3.63, 3.8) is 0 Å². The van der Waals surface area contributed by atoms with Crippen LogP contribution in [0.15, 0.2) is 69.4 Å². The molecule has 28 heavy (non-hydrogen) atoms. The molecule has 5 nitrogen and oxygen atoms in total. The number of carbonyl (C=O) groups excluding carboxylic acids is 2. The number of nitrogens with one attached hydrogen (secondary N) is 1. The van der Waals surface area contributed by atoms with Gasteiger partial charge in [-0.3, -0.25) is 4.79 Å². The number of Topliss-reactive ketones (excluding diaryl/α,β-unsaturated/α-hetero) is 1. The highest BCUT2D eigenvalue weighted by atomic mass is 16.5. The summed E-state index contributed by atoms with van der Waals surface area (Å²) in [4.78, 5) is 25.8. The Morgan fingerprint density at radius 1 is 1.14 bits per heavy atom. The quantitative estimate of drug-likeness (QED) is 0.805. The average molecular weight is 377 g/mol. The van der Waals surface area contributed by atoms with Gasteiger partial charge in [-0.05, 0) is 44.4 Å². The lowest BCUT2D eigenvalue weighted by molar-refractivity contribution is -0.140. The normalized spacial score (nSPS) is 19.4. The molecule has 0 bridgehead atoms. The molecule has 144 valence electrons. The number of hydrogen-bond donors (Lipinski definition) is 1. The van der Waals surface area contributed by atoms with Crippen LogP contribution in [-0.2, 0) is 20.9 Å². The molecule has 1 aliphatic carbocycles. The van der Waals surface area contributed by atoms with Gasteiger partial charge in [0.2, 0.25) is 0 Å². The summed E-state index contributed by atoms with van der Waals surface area (Å²) in [5, 5.41) is 3.28. The zero-order valence-corrected chi connectivity index (χ0v) is 16.1. The maximum Gasteiger partial charge on any atom is 0.337 e. The van der Waals surface area contributed by atoms with E-state index in [4.69, 9.17) is 9.15 Å². The van der Waals surface area contributed by atoms with Crippen molar-refractivity contribution in [1.82, 2.24) is 5.32 Å². The molecule has 0 radical (unpaired) electrons. The summed E-state index contributed by atoms with van der Waals surface area (Å²) in [6.07, 6.45) is 2.10. The van der Waals surface area contributed by atoms with Crippen LogP contribution in [0.25, 0.3) is 0 Å². The van der Waals surface area contributed by atoms with E-state index in [1.165, 1.54) is 0 Å². The second-order valence-corrected chi connectivity index (χ2v) is 7.28. The molecule has 0 fully saturated rings. The topological polar surface area (TPSA) is 68.5 Å². The number of hydrogen-bond acceptors (Lipinski definition) is 5. The third kappa shape index (κ3) is 3.40. The Bertz CT molecular complexity index is 981. The summed E-state index contributed by atoms with van der Waals surface area (Å²) in [6, 6.07) is 13.2. The Morgan fingerprint density at radius 3 is 2.64 bits per heavy atom. The fraction of sp³-hybridized carbons (Fsp3) is 0.304. The van der Waals surface area contributed by atoms with Crippen LogP contribution in [0.5, 0.6) is 0 Å². The number of ether oxygens (including phenoxy) is 1. The average Bonchev–Trinajstić information content (AvgIpc) is 3.12. The van der Waals surface area contributed by atoms with E-state index in [1.54, 1.807) is 0 Å². The molecule has 1 aliphatic heterocycles. The SMILES string of the molecule is CC1=C(C(=O)OCc2ccccc2)[C@H](c2ccc(C)o2)C2=C(CCCC2=O)N1. The van der Waals surface area contributed by atoms with Gasteiger partial charge in [-0.1, -0.05) is 30.3 Å². The van der Waals surface area contributed by atoms with Crippen LogP contribution in [0, 0.1) is 6.92 Å². The van der Waals surface area contributed by atoms with Gasteiger partial charge in [-0.2, -0.15) is 0 Å². The van der Waals surface area contributed by atoms with Crippen LogP contribution in [0.1, 0.15) is 49.2 Å². The molecule has 5 heteroatoms. The van der Waals surface area contributed by atoms with Gasteiger partial charge in [0.05, 0.1) is 11.5 Å². The second kappa shape index (κ2) is 7.50. The number of benzene rings is 1. The van der Waals surface area contributed by atoms with E-state index in [0.717, 1.165) is 29.9 Å². The fourth-order valence-corrected chi connectivity index (χ4v) is 3.95. The van der Waals surface area contributed by atoms with Crippen molar-refractivity contribution in [2.75, 3.05) is 0 Å². The Kier molecular flexibility index (Phi) is 4.90. The Morgan fingerprint density at radius 2 is 1.93 bits per heavy atom. The van der Waals surface area contributed by atoms with E-state index in [1.807, 2.05) is 56.3 Å². The van der Waals surface area contributed by atoms with E-state index >= 15 is 0 Å². The van der Waals surface area contributed by atoms with Gasteiger partial charge < -0.3 is 14.5 Å². The Hall–Kier alpha value is -3.08. The number of allylic oxidation sites excluding steroid dienone is 3. The minimum absolute atomic E-state index is 0.0636. The third-order valence-corrected chi connectivity index (χ3v) is 5.25. The molecule has 0 saturated heterocycles. The molecule has 1 aromatic carbocycles. The van der Waals surface area contributed by atoms with Crippen LogP contribution < -0.4 is 5.32 Å². The lowest BCUT2D eigenvalue weighted by atomic mass is 9.77. The molecule has 1 aromatic heterocycles. The third-order valence-electron chi connectivity index (χ3n) is 5.25. The van der Waals surface area contributed by atoms with Crippen LogP contribution in [0.4, 0.5) is 0 Å². The monoisotopic (exact) mass is 377 g/mol. The lowest BCUT2D eigenvalue weighted by Crippen LogP contribution is -2.34. The molecule has 0 unspecified atom stereocenters. The van der Waals surface area contributed by atoms with Crippen molar-refractivity contribution in [3.05, 3.63) is 82.1 Å². The maximum atomic E-state index is 13.1. The molecule has 4 rings (SSSR count). The predicted molar refractivity (Wildman–Crippen MR) is 104 cm³/mol. The van der Waals surface area contributed by atoms with Gasteiger partial charge in [0.1, 0.15) is 18.1 Å². The number of aryl methyl sites for hydroxylation is 1. The minimum atomic E-state index is -0.527. The highest BCUT2D eigenvalue weighted by Crippen LogP contribution is 2.43. The van der Waals surface area contributed by atoms with Gasteiger partial charge in [0, 0.05) is 23.4 Å². The highest BCUT2D eigenvalue weighted by Gasteiger charge is 2.40. The van der Waals surface area contributed by atoms with E-state index in [-0.39, 0.29) is 12.4 Å². The van der Waals surface area contributed by atoms with Gasteiger partial charge in [0.25, 0.3) is 0 Å². The number of carbonyl (C=O) groups is 2. The van der Waals surface area contributed by atoms with E-state index in [0.29, 0.717) is 29.0 Å². The summed E-state index contributed by atoms with van der Waals surface area (Å²) in [5.41, 5.74) is 3.60. The van der Waals surface area contributed by atoms with Crippen molar-refractivity contribution in [2.24, 2.45) is 0 Å². The first-order valence-electron chi connectivity index (χ1n) is 9.56. The van der Waals surface area contributed by atoms with Gasteiger partial charge in [-0.25, -0.2) is 4.79 Å². The van der Waals surface area contributed by atoms with Crippen LogP contribution in [0.3, 0.4) is 0 Å². The Balaban J connectivity index is 1.69. The first-order chi connectivity index (χ1) is 13.5. The number of esters is 1. The van der Waals surface area contributed by atoms with Gasteiger partial charge in [-0.15, -0.1) is 0 Å². The van der Waals surface area contributed by atoms with Crippen molar-refractivity contribution < 1.29 is 18.7 Å². The number of ketones is 1. The molecule has 0 amide bonds.